The number of rotatable bonds is 7. The molecule has 0 fully saturated rings. The van der Waals surface area contributed by atoms with Crippen molar-refractivity contribution < 1.29 is 17.5 Å². The summed E-state index contributed by atoms with van der Waals surface area (Å²) in [5.41, 5.74) is 3.31. The predicted octanol–water partition coefficient (Wildman–Crippen LogP) is 4.09. The van der Waals surface area contributed by atoms with E-state index in [9.17, 15) is 12.8 Å². The molecule has 0 radical (unpaired) electrons. The van der Waals surface area contributed by atoms with Crippen LogP contribution in [0.15, 0.2) is 71.6 Å². The lowest BCUT2D eigenvalue weighted by Crippen LogP contribution is -2.12. The van der Waals surface area contributed by atoms with E-state index in [2.05, 4.69) is 15.3 Å². The summed E-state index contributed by atoms with van der Waals surface area (Å²) in [6, 6.07) is 18.2. The zero-order chi connectivity index (χ0) is 22.7. The Hall–Kier alpha value is -3.56. The Labute approximate surface area is 185 Å². The minimum Gasteiger partial charge on any atom is -0.477 e. The van der Waals surface area contributed by atoms with E-state index < -0.39 is 10.0 Å². The Morgan fingerprint density at radius 2 is 1.66 bits per heavy atom. The summed E-state index contributed by atoms with van der Waals surface area (Å²) in [4.78, 5) is 9.11. The summed E-state index contributed by atoms with van der Waals surface area (Å²) in [5.74, 6) is 0.530. The molecule has 0 aliphatic carbocycles. The van der Waals surface area contributed by atoms with Crippen LogP contribution in [0.25, 0.3) is 22.0 Å². The lowest BCUT2D eigenvalue weighted by Gasteiger charge is -2.12. The van der Waals surface area contributed by atoms with Gasteiger partial charge in [0.05, 0.1) is 22.4 Å². The molecule has 0 atom stereocenters. The molecule has 3 N–H and O–H groups in total. The number of primary sulfonamides is 1. The van der Waals surface area contributed by atoms with E-state index in [-0.39, 0.29) is 10.7 Å². The molecule has 4 rings (SSSR count). The number of sulfonamides is 1. The molecular weight excluding hydrogens is 431 g/mol. The van der Waals surface area contributed by atoms with Crippen molar-refractivity contribution in [3.8, 4) is 17.0 Å². The van der Waals surface area contributed by atoms with Gasteiger partial charge in [-0.2, -0.15) is 4.98 Å². The molecule has 1 aromatic heterocycles. The molecule has 0 saturated heterocycles. The van der Waals surface area contributed by atoms with Gasteiger partial charge in [-0.1, -0.05) is 30.3 Å². The quantitative estimate of drug-likeness (QED) is 0.437. The van der Waals surface area contributed by atoms with E-state index in [1.54, 1.807) is 24.3 Å². The van der Waals surface area contributed by atoms with E-state index in [0.717, 1.165) is 22.1 Å². The molecule has 4 aromatic rings. The molecule has 1 heterocycles. The first-order valence-electron chi connectivity index (χ1n) is 9.89. The zero-order valence-electron chi connectivity index (χ0n) is 17.2. The third-order valence-corrected chi connectivity index (χ3v) is 5.75. The maximum Gasteiger partial charge on any atom is 0.238 e. The van der Waals surface area contributed by atoms with Crippen molar-refractivity contribution in [2.75, 3.05) is 11.9 Å². The molecule has 0 saturated carbocycles. The molecule has 0 spiro atoms. The number of nitrogens with one attached hydrogen (secondary N) is 1. The average molecular weight is 453 g/mol. The zero-order valence-corrected chi connectivity index (χ0v) is 18.1. The van der Waals surface area contributed by atoms with Gasteiger partial charge >= 0.3 is 0 Å². The number of halogens is 1. The third kappa shape index (κ3) is 4.84. The summed E-state index contributed by atoms with van der Waals surface area (Å²) >= 11 is 0. The molecule has 0 bridgehead atoms. The Morgan fingerprint density at radius 3 is 2.31 bits per heavy atom. The normalized spacial score (nSPS) is 11.5. The highest BCUT2D eigenvalue weighted by Crippen LogP contribution is 2.30. The van der Waals surface area contributed by atoms with E-state index in [1.807, 2.05) is 25.1 Å². The van der Waals surface area contributed by atoms with Gasteiger partial charge in [-0.15, -0.1) is 0 Å². The van der Waals surface area contributed by atoms with Crippen molar-refractivity contribution in [1.82, 2.24) is 9.97 Å². The number of nitrogens with two attached hydrogens (primary N) is 1. The Balaban J connectivity index is 1.61. The number of benzene rings is 3. The van der Waals surface area contributed by atoms with Gasteiger partial charge in [-0.05, 0) is 60.0 Å². The van der Waals surface area contributed by atoms with Gasteiger partial charge in [0.15, 0.2) is 0 Å². The largest absolute Gasteiger partial charge is 0.477 e. The van der Waals surface area contributed by atoms with E-state index in [1.165, 1.54) is 24.3 Å². The Morgan fingerprint density at radius 1 is 0.969 bits per heavy atom. The van der Waals surface area contributed by atoms with Crippen LogP contribution in [0.2, 0.25) is 0 Å². The number of hydrogen-bond donors (Lipinski definition) is 2. The van der Waals surface area contributed by atoms with Crippen molar-refractivity contribution in [2.24, 2.45) is 5.14 Å². The molecule has 0 amide bonds. The first kappa shape index (κ1) is 21.7. The molecule has 164 valence electrons. The van der Waals surface area contributed by atoms with Crippen molar-refractivity contribution in [2.45, 2.75) is 18.4 Å². The van der Waals surface area contributed by atoms with Gasteiger partial charge in [-0.25, -0.2) is 22.9 Å². The Kier molecular flexibility index (Phi) is 6.02. The molecule has 0 aliphatic heterocycles. The fourth-order valence-corrected chi connectivity index (χ4v) is 3.74. The summed E-state index contributed by atoms with van der Waals surface area (Å²) < 4.78 is 41.8. The number of hydrogen-bond acceptors (Lipinski definition) is 6. The van der Waals surface area contributed by atoms with Gasteiger partial charge in [0.25, 0.3) is 0 Å². The van der Waals surface area contributed by atoms with Crippen LogP contribution in [-0.2, 0) is 16.6 Å². The minimum atomic E-state index is -3.73. The first-order chi connectivity index (χ1) is 15.3. The number of ether oxygens (including phenoxy) is 1. The number of anilines is 1. The molecule has 0 aliphatic rings. The number of fused-ring (bicyclic) bond motifs is 1. The first-order valence-corrected chi connectivity index (χ1v) is 11.4. The van der Waals surface area contributed by atoms with Crippen LogP contribution in [-0.4, -0.2) is 25.0 Å². The standard InChI is InChI=1S/C23H21FN4O3S/c1-2-31-22-20-13-17(16-5-8-18(24)9-6-16)7-12-21(20)27-23(28-22)26-14-15-3-10-19(11-4-15)32(25,29)30/h3-13H,2,14H2,1H3,(H2,25,29,30)(H,26,27,28). The van der Waals surface area contributed by atoms with Crippen molar-refractivity contribution >= 4 is 26.9 Å². The van der Waals surface area contributed by atoms with Gasteiger partial charge in [0.1, 0.15) is 5.82 Å². The SMILES string of the molecule is CCOc1nc(NCc2ccc(S(N)(=O)=O)cc2)nc2ccc(-c3ccc(F)cc3)cc12. The van der Waals surface area contributed by atoms with Crippen LogP contribution < -0.4 is 15.2 Å². The van der Waals surface area contributed by atoms with Crippen LogP contribution >= 0.6 is 0 Å². The maximum absolute atomic E-state index is 13.3. The molecule has 3 aromatic carbocycles. The van der Waals surface area contributed by atoms with Crippen LogP contribution in [0.5, 0.6) is 5.88 Å². The summed E-state index contributed by atoms with van der Waals surface area (Å²) in [7, 11) is -3.73. The molecule has 7 nitrogen and oxygen atoms in total. The van der Waals surface area contributed by atoms with Crippen molar-refractivity contribution in [3.05, 3.63) is 78.1 Å². The molecular formula is C23H21FN4O3S. The second-order valence-electron chi connectivity index (χ2n) is 7.07. The average Bonchev–Trinajstić information content (AvgIpc) is 2.78. The maximum atomic E-state index is 13.3. The molecule has 9 heteroatoms. The second-order valence-corrected chi connectivity index (χ2v) is 8.63. The smallest absolute Gasteiger partial charge is 0.238 e. The lowest BCUT2D eigenvalue weighted by atomic mass is 10.0. The lowest BCUT2D eigenvalue weighted by molar-refractivity contribution is 0.331. The summed E-state index contributed by atoms with van der Waals surface area (Å²) in [6.45, 7) is 2.69. The molecule has 32 heavy (non-hydrogen) atoms. The van der Waals surface area contributed by atoms with Gasteiger partial charge < -0.3 is 10.1 Å². The predicted molar refractivity (Wildman–Crippen MR) is 121 cm³/mol. The van der Waals surface area contributed by atoms with Gasteiger partial charge in [0, 0.05) is 6.54 Å². The highest BCUT2D eigenvalue weighted by Gasteiger charge is 2.11. The van der Waals surface area contributed by atoms with Crippen LogP contribution in [0.3, 0.4) is 0 Å². The summed E-state index contributed by atoms with van der Waals surface area (Å²) in [6.07, 6.45) is 0. The van der Waals surface area contributed by atoms with E-state index in [4.69, 9.17) is 9.88 Å². The highest BCUT2D eigenvalue weighted by molar-refractivity contribution is 7.89. The van der Waals surface area contributed by atoms with Crippen molar-refractivity contribution in [3.63, 3.8) is 0 Å². The van der Waals surface area contributed by atoms with Crippen LogP contribution in [0, 0.1) is 5.82 Å². The fourth-order valence-electron chi connectivity index (χ4n) is 3.23. The fraction of sp³-hybridized carbons (Fsp3) is 0.130. The molecule has 0 unspecified atom stereocenters. The van der Waals surface area contributed by atoms with Crippen molar-refractivity contribution in [1.29, 1.82) is 0 Å². The van der Waals surface area contributed by atoms with Gasteiger partial charge in [0.2, 0.25) is 21.9 Å². The van der Waals surface area contributed by atoms with Crippen LogP contribution in [0.1, 0.15) is 12.5 Å². The van der Waals surface area contributed by atoms with E-state index in [0.29, 0.717) is 30.5 Å². The monoisotopic (exact) mass is 452 g/mol. The number of aromatic nitrogens is 2. The third-order valence-electron chi connectivity index (χ3n) is 4.82. The van der Waals surface area contributed by atoms with E-state index >= 15 is 0 Å². The highest BCUT2D eigenvalue weighted by atomic mass is 32.2. The minimum absolute atomic E-state index is 0.0544. The van der Waals surface area contributed by atoms with Gasteiger partial charge in [-0.3, -0.25) is 0 Å². The number of nitrogens with zero attached hydrogens (tertiary/aromatic N) is 2. The summed E-state index contributed by atoms with van der Waals surface area (Å²) in [5, 5.41) is 9.02. The topological polar surface area (TPSA) is 107 Å². The Bertz CT molecular complexity index is 1360. The van der Waals surface area contributed by atoms with Crippen LogP contribution in [0.4, 0.5) is 10.3 Å². The second kappa shape index (κ2) is 8.89.